The van der Waals surface area contributed by atoms with Gasteiger partial charge in [-0.2, -0.15) is 0 Å². The lowest BCUT2D eigenvalue weighted by molar-refractivity contribution is 0.314. The average Bonchev–Trinajstić information content (AvgIpc) is 2.34. The fraction of sp³-hybridized carbons (Fsp3) is 0.500. The van der Waals surface area contributed by atoms with Gasteiger partial charge in [-0.3, -0.25) is 0 Å². The fourth-order valence-corrected chi connectivity index (χ4v) is 1.60. The van der Waals surface area contributed by atoms with Crippen LogP contribution in [0, 0.1) is 12.8 Å². The van der Waals surface area contributed by atoms with Crippen molar-refractivity contribution in [2.24, 2.45) is 16.8 Å². The largest absolute Gasteiger partial charge is 0.409 e. The van der Waals surface area contributed by atoms with Crippen LogP contribution in [0.15, 0.2) is 23.5 Å². The fourth-order valence-electron chi connectivity index (χ4n) is 1.60. The Balaban J connectivity index is 2.79. The SMILES string of the molecule is CCN(CC(C)C(N)=NO)c1cc(C)ccn1. The van der Waals surface area contributed by atoms with Gasteiger partial charge < -0.3 is 15.8 Å². The lowest BCUT2D eigenvalue weighted by Crippen LogP contribution is -2.35. The van der Waals surface area contributed by atoms with E-state index in [9.17, 15) is 0 Å². The third-order valence-corrected chi connectivity index (χ3v) is 2.72. The van der Waals surface area contributed by atoms with E-state index in [-0.39, 0.29) is 11.8 Å². The molecule has 3 N–H and O–H groups in total. The average molecular weight is 236 g/mol. The Morgan fingerprint density at radius 3 is 2.88 bits per heavy atom. The molecule has 5 nitrogen and oxygen atoms in total. The molecular weight excluding hydrogens is 216 g/mol. The molecule has 0 bridgehead atoms. The molecule has 0 aliphatic heterocycles. The summed E-state index contributed by atoms with van der Waals surface area (Å²) in [5.41, 5.74) is 6.75. The van der Waals surface area contributed by atoms with Crippen LogP contribution in [0.3, 0.4) is 0 Å². The van der Waals surface area contributed by atoms with E-state index in [1.165, 1.54) is 5.56 Å². The van der Waals surface area contributed by atoms with Crippen LogP contribution in [0.2, 0.25) is 0 Å². The van der Waals surface area contributed by atoms with Crippen molar-refractivity contribution in [1.29, 1.82) is 0 Å². The number of anilines is 1. The number of hydrogen-bond donors (Lipinski definition) is 2. The van der Waals surface area contributed by atoms with Gasteiger partial charge in [-0.1, -0.05) is 12.1 Å². The summed E-state index contributed by atoms with van der Waals surface area (Å²) in [6, 6.07) is 3.99. The van der Waals surface area contributed by atoms with Crippen LogP contribution in [0.25, 0.3) is 0 Å². The second-order valence-corrected chi connectivity index (χ2v) is 4.16. The minimum atomic E-state index is -0.0118. The van der Waals surface area contributed by atoms with E-state index in [4.69, 9.17) is 10.9 Å². The van der Waals surface area contributed by atoms with Gasteiger partial charge in [0, 0.05) is 25.2 Å². The van der Waals surface area contributed by atoms with Gasteiger partial charge in [-0.15, -0.1) is 0 Å². The maximum Gasteiger partial charge on any atom is 0.143 e. The maximum atomic E-state index is 8.63. The summed E-state index contributed by atoms with van der Waals surface area (Å²) in [4.78, 5) is 6.44. The molecule has 1 rings (SSSR count). The first kappa shape index (κ1) is 13.3. The number of nitrogens with two attached hydrogens (primary N) is 1. The van der Waals surface area contributed by atoms with Gasteiger partial charge in [0.2, 0.25) is 0 Å². The number of aryl methyl sites for hydroxylation is 1. The Labute approximate surface area is 102 Å². The van der Waals surface area contributed by atoms with Gasteiger partial charge in [-0.05, 0) is 31.5 Å². The highest BCUT2D eigenvalue weighted by Crippen LogP contribution is 2.13. The van der Waals surface area contributed by atoms with Crippen molar-refractivity contribution in [3.8, 4) is 0 Å². The minimum Gasteiger partial charge on any atom is -0.409 e. The second kappa shape index (κ2) is 6.08. The Kier molecular flexibility index (Phi) is 4.75. The first-order valence-electron chi connectivity index (χ1n) is 5.73. The number of oxime groups is 1. The second-order valence-electron chi connectivity index (χ2n) is 4.16. The standard InChI is InChI=1S/C12H20N4O/c1-4-16(8-10(3)12(13)15-17)11-7-9(2)5-6-14-11/h5-7,10,17H,4,8H2,1-3H3,(H2,13,15). The van der Waals surface area contributed by atoms with Gasteiger partial charge in [0.15, 0.2) is 0 Å². The summed E-state index contributed by atoms with van der Waals surface area (Å²) < 4.78 is 0. The van der Waals surface area contributed by atoms with E-state index in [0.717, 1.165) is 12.4 Å². The predicted octanol–water partition coefficient (Wildman–Crippen LogP) is 1.60. The van der Waals surface area contributed by atoms with Gasteiger partial charge in [0.1, 0.15) is 11.7 Å². The van der Waals surface area contributed by atoms with E-state index in [1.54, 1.807) is 6.20 Å². The van der Waals surface area contributed by atoms with Crippen LogP contribution in [0.4, 0.5) is 5.82 Å². The van der Waals surface area contributed by atoms with E-state index in [0.29, 0.717) is 6.54 Å². The minimum absolute atomic E-state index is 0.0118. The van der Waals surface area contributed by atoms with Gasteiger partial charge in [0.25, 0.3) is 0 Å². The zero-order chi connectivity index (χ0) is 12.8. The molecule has 1 heterocycles. The molecule has 0 aliphatic carbocycles. The smallest absolute Gasteiger partial charge is 0.143 e. The molecule has 0 amide bonds. The summed E-state index contributed by atoms with van der Waals surface area (Å²) in [5.74, 6) is 1.16. The Morgan fingerprint density at radius 2 is 2.35 bits per heavy atom. The number of nitrogens with zero attached hydrogens (tertiary/aromatic N) is 3. The van der Waals surface area contributed by atoms with E-state index in [1.807, 2.05) is 26.0 Å². The molecular formula is C12H20N4O. The molecule has 0 radical (unpaired) electrons. The lowest BCUT2D eigenvalue weighted by atomic mass is 10.1. The summed E-state index contributed by atoms with van der Waals surface area (Å²) >= 11 is 0. The van der Waals surface area contributed by atoms with E-state index in [2.05, 4.69) is 22.0 Å². The highest BCUT2D eigenvalue weighted by molar-refractivity contribution is 5.82. The lowest BCUT2D eigenvalue weighted by Gasteiger charge is -2.25. The molecule has 0 saturated carbocycles. The molecule has 94 valence electrons. The van der Waals surface area contributed by atoms with Gasteiger partial charge in [-0.25, -0.2) is 4.98 Å². The number of amidine groups is 1. The quantitative estimate of drug-likeness (QED) is 0.352. The summed E-state index contributed by atoms with van der Waals surface area (Å²) in [6.45, 7) is 7.53. The number of pyridine rings is 1. The van der Waals surface area contributed by atoms with Crippen LogP contribution in [0.5, 0.6) is 0 Å². The molecule has 5 heteroatoms. The highest BCUT2D eigenvalue weighted by Gasteiger charge is 2.14. The monoisotopic (exact) mass is 236 g/mol. The molecule has 0 aliphatic rings. The van der Waals surface area contributed by atoms with Crippen LogP contribution in [0.1, 0.15) is 19.4 Å². The molecule has 0 fully saturated rings. The van der Waals surface area contributed by atoms with Crippen LogP contribution in [-0.2, 0) is 0 Å². The molecule has 17 heavy (non-hydrogen) atoms. The third kappa shape index (κ3) is 3.62. The first-order valence-corrected chi connectivity index (χ1v) is 5.73. The molecule has 1 atom stereocenters. The van der Waals surface area contributed by atoms with Gasteiger partial charge >= 0.3 is 0 Å². The first-order chi connectivity index (χ1) is 8.08. The van der Waals surface area contributed by atoms with Crippen molar-refractivity contribution in [2.75, 3.05) is 18.0 Å². The molecule has 1 unspecified atom stereocenters. The zero-order valence-corrected chi connectivity index (χ0v) is 10.6. The molecule has 0 spiro atoms. The summed E-state index contributed by atoms with van der Waals surface area (Å²) in [5, 5.41) is 11.7. The number of hydrogen-bond acceptors (Lipinski definition) is 4. The van der Waals surface area contributed by atoms with Crippen LogP contribution >= 0.6 is 0 Å². The van der Waals surface area contributed by atoms with Crippen molar-refractivity contribution in [1.82, 2.24) is 4.98 Å². The Morgan fingerprint density at radius 1 is 1.65 bits per heavy atom. The number of aromatic nitrogens is 1. The molecule has 1 aromatic heterocycles. The van der Waals surface area contributed by atoms with Crippen molar-refractivity contribution >= 4 is 11.7 Å². The van der Waals surface area contributed by atoms with Crippen molar-refractivity contribution in [3.05, 3.63) is 23.9 Å². The van der Waals surface area contributed by atoms with Crippen LogP contribution < -0.4 is 10.6 Å². The highest BCUT2D eigenvalue weighted by atomic mass is 16.4. The third-order valence-electron chi connectivity index (χ3n) is 2.72. The van der Waals surface area contributed by atoms with Crippen LogP contribution in [-0.4, -0.2) is 29.1 Å². The van der Waals surface area contributed by atoms with Gasteiger partial charge in [0.05, 0.1) is 0 Å². The molecule has 0 aromatic carbocycles. The maximum absolute atomic E-state index is 8.63. The van der Waals surface area contributed by atoms with Crippen molar-refractivity contribution in [3.63, 3.8) is 0 Å². The zero-order valence-electron chi connectivity index (χ0n) is 10.6. The normalized spacial score (nSPS) is 13.5. The Hall–Kier alpha value is -1.78. The molecule has 1 aromatic rings. The number of rotatable bonds is 5. The predicted molar refractivity (Wildman–Crippen MR) is 69.4 cm³/mol. The topological polar surface area (TPSA) is 74.7 Å². The molecule has 0 saturated heterocycles. The van der Waals surface area contributed by atoms with Crippen molar-refractivity contribution in [2.45, 2.75) is 20.8 Å². The summed E-state index contributed by atoms with van der Waals surface area (Å²) in [7, 11) is 0. The Bertz CT molecular complexity index is 392. The summed E-state index contributed by atoms with van der Waals surface area (Å²) in [6.07, 6.45) is 1.79. The van der Waals surface area contributed by atoms with Crippen molar-refractivity contribution < 1.29 is 5.21 Å². The van der Waals surface area contributed by atoms with E-state index < -0.39 is 0 Å². The van der Waals surface area contributed by atoms with E-state index >= 15 is 0 Å².